The third kappa shape index (κ3) is 4.18. The minimum Gasteiger partial charge on any atom is -0.479 e. The number of amides is 1. The van der Waals surface area contributed by atoms with Gasteiger partial charge in [0.05, 0.1) is 6.54 Å². The minimum atomic E-state index is -2.02. The number of aromatic nitrogens is 1. The van der Waals surface area contributed by atoms with E-state index in [1.54, 1.807) is 6.07 Å². The van der Waals surface area contributed by atoms with Crippen molar-refractivity contribution in [1.82, 2.24) is 10.3 Å². The van der Waals surface area contributed by atoms with E-state index in [-0.39, 0.29) is 16.6 Å². The van der Waals surface area contributed by atoms with Crippen LogP contribution in [0, 0.1) is 0 Å². The van der Waals surface area contributed by atoms with Crippen molar-refractivity contribution in [3.05, 3.63) is 28.5 Å². The molecule has 1 rings (SSSR count). The van der Waals surface area contributed by atoms with E-state index in [4.69, 9.17) is 16.7 Å². The first-order valence-electron chi connectivity index (χ1n) is 6.05. The zero-order chi connectivity index (χ0) is 15.5. The van der Waals surface area contributed by atoms with Gasteiger partial charge in [-0.15, -0.1) is 0 Å². The van der Waals surface area contributed by atoms with Gasteiger partial charge in [0.25, 0.3) is 5.91 Å². The third-order valence-electron chi connectivity index (χ3n) is 2.72. The van der Waals surface area contributed by atoms with Crippen LogP contribution in [-0.4, -0.2) is 39.2 Å². The molecule has 110 valence electrons. The molecule has 0 radical (unpaired) electrons. The molecule has 0 aliphatic carbocycles. The lowest BCUT2D eigenvalue weighted by atomic mass is 10.1. The SMILES string of the molecule is CC(C)c1cc(C(=O)NCC(C)(O)C(=O)O)cc(Cl)n1. The quantitative estimate of drug-likeness (QED) is 0.714. The molecule has 1 unspecified atom stereocenters. The Labute approximate surface area is 121 Å². The van der Waals surface area contributed by atoms with Crippen LogP contribution in [0.3, 0.4) is 0 Å². The number of pyridine rings is 1. The molecule has 0 spiro atoms. The van der Waals surface area contributed by atoms with Crippen LogP contribution in [-0.2, 0) is 4.79 Å². The first-order valence-corrected chi connectivity index (χ1v) is 6.42. The van der Waals surface area contributed by atoms with Crippen LogP contribution < -0.4 is 5.32 Å². The van der Waals surface area contributed by atoms with E-state index in [0.29, 0.717) is 5.69 Å². The monoisotopic (exact) mass is 300 g/mol. The van der Waals surface area contributed by atoms with E-state index < -0.39 is 24.0 Å². The zero-order valence-electron chi connectivity index (χ0n) is 11.5. The van der Waals surface area contributed by atoms with Crippen molar-refractivity contribution in [3.63, 3.8) is 0 Å². The second-order valence-corrected chi connectivity index (χ2v) is 5.41. The van der Waals surface area contributed by atoms with Crippen molar-refractivity contribution >= 4 is 23.5 Å². The van der Waals surface area contributed by atoms with Gasteiger partial charge in [-0.25, -0.2) is 9.78 Å². The van der Waals surface area contributed by atoms with Crippen molar-refractivity contribution < 1.29 is 19.8 Å². The Morgan fingerprint density at radius 2 is 2.05 bits per heavy atom. The molecule has 0 fully saturated rings. The number of aliphatic hydroxyl groups is 1. The van der Waals surface area contributed by atoms with Crippen LogP contribution in [0.25, 0.3) is 0 Å². The maximum absolute atomic E-state index is 11.9. The molecule has 0 aliphatic rings. The summed E-state index contributed by atoms with van der Waals surface area (Å²) in [6.45, 7) is 4.53. The molecule has 1 aromatic heterocycles. The van der Waals surface area contributed by atoms with Gasteiger partial charge in [-0.05, 0) is 25.0 Å². The molecule has 0 saturated heterocycles. The minimum absolute atomic E-state index is 0.0994. The van der Waals surface area contributed by atoms with E-state index in [2.05, 4.69) is 10.3 Å². The highest BCUT2D eigenvalue weighted by Crippen LogP contribution is 2.17. The molecular formula is C13H17ClN2O4. The van der Waals surface area contributed by atoms with Gasteiger partial charge in [0.15, 0.2) is 5.60 Å². The number of nitrogens with one attached hydrogen (secondary N) is 1. The van der Waals surface area contributed by atoms with Crippen molar-refractivity contribution in [2.75, 3.05) is 6.54 Å². The lowest BCUT2D eigenvalue weighted by molar-refractivity contribution is -0.155. The number of carbonyl (C=O) groups excluding carboxylic acids is 1. The Bertz CT molecular complexity index is 529. The highest BCUT2D eigenvalue weighted by Gasteiger charge is 2.30. The summed E-state index contributed by atoms with van der Waals surface area (Å²) >= 11 is 5.84. The number of rotatable bonds is 5. The first kappa shape index (κ1) is 16.4. The van der Waals surface area contributed by atoms with Gasteiger partial charge < -0.3 is 15.5 Å². The number of carboxylic acids is 1. The summed E-state index contributed by atoms with van der Waals surface area (Å²) in [5.74, 6) is -1.83. The number of carbonyl (C=O) groups is 2. The van der Waals surface area contributed by atoms with Crippen LogP contribution in [0.1, 0.15) is 42.7 Å². The molecule has 6 nitrogen and oxygen atoms in total. The smallest absolute Gasteiger partial charge is 0.337 e. The average molecular weight is 301 g/mol. The standard InChI is InChI=1S/C13H17ClN2O4/c1-7(2)9-4-8(5-10(14)16-9)11(17)15-6-13(3,20)12(18)19/h4-5,7,20H,6H2,1-3H3,(H,15,17)(H,18,19). The number of hydrogen-bond acceptors (Lipinski definition) is 4. The molecule has 0 aliphatic heterocycles. The Hall–Kier alpha value is -1.66. The van der Waals surface area contributed by atoms with Crippen molar-refractivity contribution in [2.24, 2.45) is 0 Å². The van der Waals surface area contributed by atoms with Crippen LogP contribution in [0.5, 0.6) is 0 Å². The molecule has 1 aromatic rings. The number of halogens is 1. The predicted molar refractivity (Wildman–Crippen MR) is 73.9 cm³/mol. The lowest BCUT2D eigenvalue weighted by Crippen LogP contribution is -2.46. The maximum atomic E-state index is 11.9. The summed E-state index contributed by atoms with van der Waals surface area (Å²) in [4.78, 5) is 26.8. The van der Waals surface area contributed by atoms with E-state index >= 15 is 0 Å². The number of nitrogens with zero attached hydrogens (tertiary/aromatic N) is 1. The third-order valence-corrected chi connectivity index (χ3v) is 2.92. The van der Waals surface area contributed by atoms with Gasteiger partial charge in [-0.2, -0.15) is 0 Å². The van der Waals surface area contributed by atoms with Gasteiger partial charge in [0, 0.05) is 11.3 Å². The molecule has 20 heavy (non-hydrogen) atoms. The Morgan fingerprint density at radius 3 is 2.55 bits per heavy atom. The van der Waals surface area contributed by atoms with Crippen molar-refractivity contribution in [1.29, 1.82) is 0 Å². The van der Waals surface area contributed by atoms with Gasteiger partial charge in [-0.1, -0.05) is 25.4 Å². The van der Waals surface area contributed by atoms with Crippen LogP contribution >= 0.6 is 11.6 Å². The molecule has 7 heteroatoms. The van der Waals surface area contributed by atoms with Gasteiger partial charge >= 0.3 is 5.97 Å². The largest absolute Gasteiger partial charge is 0.479 e. The second-order valence-electron chi connectivity index (χ2n) is 5.02. The Morgan fingerprint density at radius 1 is 1.45 bits per heavy atom. The van der Waals surface area contributed by atoms with E-state index in [1.807, 2.05) is 13.8 Å². The molecular weight excluding hydrogens is 284 g/mol. The fraction of sp³-hybridized carbons (Fsp3) is 0.462. The fourth-order valence-corrected chi connectivity index (χ4v) is 1.59. The molecule has 1 amide bonds. The predicted octanol–water partition coefficient (Wildman–Crippen LogP) is 1.42. The normalized spacial score (nSPS) is 13.9. The van der Waals surface area contributed by atoms with Gasteiger partial charge in [0.1, 0.15) is 5.15 Å². The number of hydrogen-bond donors (Lipinski definition) is 3. The Balaban J connectivity index is 2.86. The molecule has 1 atom stereocenters. The summed E-state index contributed by atoms with van der Waals surface area (Å²) in [6.07, 6.45) is 0. The molecule has 0 bridgehead atoms. The molecule has 1 heterocycles. The Kier molecular flexibility index (Phi) is 5.08. The lowest BCUT2D eigenvalue weighted by Gasteiger charge is -2.18. The molecule has 0 saturated carbocycles. The molecule has 3 N–H and O–H groups in total. The summed E-state index contributed by atoms with van der Waals surface area (Å²) in [5.41, 5.74) is -1.09. The highest BCUT2D eigenvalue weighted by molar-refractivity contribution is 6.29. The highest BCUT2D eigenvalue weighted by atomic mass is 35.5. The van der Waals surface area contributed by atoms with Crippen molar-refractivity contribution in [2.45, 2.75) is 32.3 Å². The summed E-state index contributed by atoms with van der Waals surface area (Å²) < 4.78 is 0. The van der Waals surface area contributed by atoms with E-state index in [9.17, 15) is 14.7 Å². The van der Waals surface area contributed by atoms with Crippen LogP contribution in [0.2, 0.25) is 5.15 Å². The van der Waals surface area contributed by atoms with Crippen LogP contribution in [0.4, 0.5) is 0 Å². The number of carboxylic acid groups (broad SMARTS) is 1. The summed E-state index contributed by atoms with van der Waals surface area (Å²) in [6, 6.07) is 2.97. The van der Waals surface area contributed by atoms with E-state index in [0.717, 1.165) is 6.92 Å². The summed E-state index contributed by atoms with van der Waals surface area (Å²) in [5, 5.41) is 20.8. The maximum Gasteiger partial charge on any atom is 0.337 e. The van der Waals surface area contributed by atoms with Crippen LogP contribution in [0.15, 0.2) is 12.1 Å². The summed E-state index contributed by atoms with van der Waals surface area (Å²) in [7, 11) is 0. The topological polar surface area (TPSA) is 99.5 Å². The van der Waals surface area contributed by atoms with Gasteiger partial charge in [-0.3, -0.25) is 4.79 Å². The second kappa shape index (κ2) is 6.19. The first-order chi connectivity index (χ1) is 9.13. The zero-order valence-corrected chi connectivity index (χ0v) is 12.2. The van der Waals surface area contributed by atoms with E-state index in [1.165, 1.54) is 6.07 Å². The van der Waals surface area contributed by atoms with Crippen molar-refractivity contribution in [3.8, 4) is 0 Å². The fourth-order valence-electron chi connectivity index (χ4n) is 1.37. The number of aliphatic carboxylic acids is 1. The average Bonchev–Trinajstić information content (AvgIpc) is 2.35. The molecule has 0 aromatic carbocycles. The van der Waals surface area contributed by atoms with Gasteiger partial charge in [0.2, 0.25) is 0 Å².